The van der Waals surface area contributed by atoms with E-state index in [4.69, 9.17) is 14.3 Å². The largest absolute Gasteiger partial charge is 0.476 e. The van der Waals surface area contributed by atoms with Crippen molar-refractivity contribution in [3.8, 4) is 0 Å². The van der Waals surface area contributed by atoms with Crippen LogP contribution < -0.4 is 0 Å². The van der Waals surface area contributed by atoms with E-state index in [0.717, 1.165) is 11.8 Å². The van der Waals surface area contributed by atoms with Gasteiger partial charge in [-0.25, -0.2) is 14.6 Å². The number of hydrogen-bond donors (Lipinski definition) is 1. The van der Waals surface area contributed by atoms with Crippen molar-refractivity contribution >= 4 is 17.6 Å². The zero-order chi connectivity index (χ0) is 15.6. The molecule has 1 amide bonds. The molecule has 0 unspecified atom stereocenters. The lowest BCUT2D eigenvalue weighted by molar-refractivity contribution is 0.0270. The van der Waals surface area contributed by atoms with Gasteiger partial charge in [-0.1, -0.05) is 6.08 Å². The monoisotopic (exact) mass is 294 g/mol. The quantitative estimate of drug-likeness (QED) is 0.900. The molecule has 114 valence electrons. The maximum absolute atomic E-state index is 11.9. The third kappa shape index (κ3) is 3.84. The standard InChI is InChI=1S/C14H18N2O5/c1-14(2,3)21-13(19)16-6-4-9(5-7-16)11-15-10(8-20-11)12(17)18/h4,8H,5-7H2,1-3H3,(H,17,18). The van der Waals surface area contributed by atoms with Crippen LogP contribution >= 0.6 is 0 Å². The second-order valence-electron chi connectivity index (χ2n) is 5.75. The molecule has 0 fully saturated rings. The minimum absolute atomic E-state index is 0.125. The minimum Gasteiger partial charge on any atom is -0.476 e. The third-order valence-corrected chi connectivity index (χ3v) is 2.86. The molecule has 7 nitrogen and oxygen atoms in total. The lowest BCUT2D eigenvalue weighted by Gasteiger charge is -2.29. The van der Waals surface area contributed by atoms with E-state index in [-0.39, 0.29) is 17.7 Å². The first-order chi connectivity index (χ1) is 9.76. The number of carboxylic acids is 1. The fourth-order valence-corrected chi connectivity index (χ4v) is 1.88. The number of carboxylic acid groups (broad SMARTS) is 1. The van der Waals surface area contributed by atoms with E-state index in [0.29, 0.717) is 19.5 Å². The van der Waals surface area contributed by atoms with Gasteiger partial charge in [-0.3, -0.25) is 0 Å². The number of hydrogen-bond acceptors (Lipinski definition) is 5. The molecule has 2 heterocycles. The molecule has 1 aromatic rings. The molecule has 0 radical (unpaired) electrons. The van der Waals surface area contributed by atoms with Crippen LogP contribution in [0.25, 0.3) is 5.57 Å². The molecule has 7 heteroatoms. The van der Waals surface area contributed by atoms with E-state index in [1.54, 1.807) is 11.0 Å². The summed E-state index contributed by atoms with van der Waals surface area (Å²) in [5, 5.41) is 8.81. The fraction of sp³-hybridized carbons (Fsp3) is 0.500. The molecular weight excluding hydrogens is 276 g/mol. The van der Waals surface area contributed by atoms with E-state index in [2.05, 4.69) is 4.98 Å². The molecule has 2 rings (SSSR count). The van der Waals surface area contributed by atoms with Gasteiger partial charge in [0, 0.05) is 18.7 Å². The Morgan fingerprint density at radius 3 is 2.62 bits per heavy atom. The molecule has 1 aliphatic rings. The summed E-state index contributed by atoms with van der Waals surface area (Å²) in [5.74, 6) is -0.840. The van der Waals surface area contributed by atoms with E-state index in [1.807, 2.05) is 20.8 Å². The average Bonchev–Trinajstić information content (AvgIpc) is 2.86. The van der Waals surface area contributed by atoms with Gasteiger partial charge in [-0.2, -0.15) is 0 Å². The van der Waals surface area contributed by atoms with Crippen LogP contribution in [0.3, 0.4) is 0 Å². The summed E-state index contributed by atoms with van der Waals surface area (Å²) in [6.07, 6.45) is 3.08. The Bertz CT molecular complexity index is 582. The summed E-state index contributed by atoms with van der Waals surface area (Å²) in [6, 6.07) is 0. The molecule has 1 N–H and O–H groups in total. The van der Waals surface area contributed by atoms with E-state index in [1.165, 1.54) is 0 Å². The molecule has 21 heavy (non-hydrogen) atoms. The Kier molecular flexibility index (Phi) is 4.02. The Hall–Kier alpha value is -2.31. The van der Waals surface area contributed by atoms with Crippen LogP contribution in [0.1, 0.15) is 43.6 Å². The number of ether oxygens (including phenoxy) is 1. The van der Waals surface area contributed by atoms with Crippen molar-refractivity contribution in [1.29, 1.82) is 0 Å². The Morgan fingerprint density at radius 1 is 1.43 bits per heavy atom. The Labute approximate surface area is 122 Å². The number of nitrogens with zero attached hydrogens (tertiary/aromatic N) is 2. The molecule has 0 aromatic carbocycles. The first-order valence-electron chi connectivity index (χ1n) is 6.62. The van der Waals surface area contributed by atoms with Gasteiger partial charge in [0.2, 0.25) is 5.89 Å². The fourth-order valence-electron chi connectivity index (χ4n) is 1.88. The first-order valence-corrected chi connectivity index (χ1v) is 6.62. The van der Waals surface area contributed by atoms with Gasteiger partial charge < -0.3 is 19.2 Å². The third-order valence-electron chi connectivity index (χ3n) is 2.86. The highest BCUT2D eigenvalue weighted by atomic mass is 16.6. The number of amides is 1. The van der Waals surface area contributed by atoms with Gasteiger partial charge in [-0.05, 0) is 27.2 Å². The summed E-state index contributed by atoms with van der Waals surface area (Å²) in [4.78, 5) is 28.1. The van der Waals surface area contributed by atoms with Crippen molar-refractivity contribution in [2.75, 3.05) is 13.1 Å². The zero-order valence-corrected chi connectivity index (χ0v) is 12.3. The van der Waals surface area contributed by atoms with Gasteiger partial charge >= 0.3 is 12.1 Å². The van der Waals surface area contributed by atoms with Crippen LogP contribution in [-0.2, 0) is 4.74 Å². The van der Waals surface area contributed by atoms with E-state index < -0.39 is 11.6 Å². The van der Waals surface area contributed by atoms with Crippen molar-refractivity contribution in [3.05, 3.63) is 23.9 Å². The van der Waals surface area contributed by atoms with Crippen LogP contribution in [0.5, 0.6) is 0 Å². The number of oxazole rings is 1. The highest BCUT2D eigenvalue weighted by molar-refractivity contribution is 5.85. The summed E-state index contributed by atoms with van der Waals surface area (Å²) < 4.78 is 10.4. The molecule has 0 saturated heterocycles. The highest BCUT2D eigenvalue weighted by Crippen LogP contribution is 2.23. The molecule has 0 bridgehead atoms. The van der Waals surface area contributed by atoms with Gasteiger partial charge in [0.15, 0.2) is 5.69 Å². The molecule has 1 aromatic heterocycles. The molecule has 0 aliphatic carbocycles. The SMILES string of the molecule is CC(C)(C)OC(=O)N1CC=C(c2nc(C(=O)O)co2)CC1. The van der Waals surface area contributed by atoms with Crippen molar-refractivity contribution in [2.24, 2.45) is 0 Å². The van der Waals surface area contributed by atoms with Gasteiger partial charge in [0.05, 0.1) is 0 Å². The lowest BCUT2D eigenvalue weighted by Crippen LogP contribution is -2.39. The number of aromatic nitrogens is 1. The van der Waals surface area contributed by atoms with Crippen molar-refractivity contribution in [2.45, 2.75) is 32.8 Å². The smallest absolute Gasteiger partial charge is 0.410 e. The van der Waals surface area contributed by atoms with Gasteiger partial charge in [0.1, 0.15) is 11.9 Å². The predicted octanol–water partition coefficient (Wildman–Crippen LogP) is 2.40. The molecule has 1 aliphatic heterocycles. The Balaban J connectivity index is 2.01. The van der Waals surface area contributed by atoms with Crippen LogP contribution in [0, 0.1) is 0 Å². The number of carbonyl (C=O) groups is 2. The lowest BCUT2D eigenvalue weighted by atomic mass is 10.1. The molecular formula is C14H18N2O5. The summed E-state index contributed by atoms with van der Waals surface area (Å²) in [7, 11) is 0. The summed E-state index contributed by atoms with van der Waals surface area (Å²) >= 11 is 0. The van der Waals surface area contributed by atoms with Crippen LogP contribution in [0.4, 0.5) is 4.79 Å². The van der Waals surface area contributed by atoms with Gasteiger partial charge in [0.25, 0.3) is 0 Å². The second kappa shape index (κ2) is 5.59. The number of carbonyl (C=O) groups excluding carboxylic acids is 1. The number of rotatable bonds is 2. The van der Waals surface area contributed by atoms with Crippen LogP contribution in [-0.4, -0.2) is 45.7 Å². The van der Waals surface area contributed by atoms with Gasteiger partial charge in [-0.15, -0.1) is 0 Å². The van der Waals surface area contributed by atoms with Crippen molar-refractivity contribution in [3.63, 3.8) is 0 Å². The summed E-state index contributed by atoms with van der Waals surface area (Å²) in [5.41, 5.74) is 0.141. The number of aromatic carboxylic acids is 1. The average molecular weight is 294 g/mol. The van der Waals surface area contributed by atoms with Crippen LogP contribution in [0.2, 0.25) is 0 Å². The second-order valence-corrected chi connectivity index (χ2v) is 5.75. The molecule has 0 spiro atoms. The maximum atomic E-state index is 11.9. The highest BCUT2D eigenvalue weighted by Gasteiger charge is 2.25. The zero-order valence-electron chi connectivity index (χ0n) is 12.3. The predicted molar refractivity (Wildman–Crippen MR) is 73.9 cm³/mol. The van der Waals surface area contributed by atoms with Crippen molar-refractivity contribution in [1.82, 2.24) is 9.88 Å². The summed E-state index contributed by atoms with van der Waals surface area (Å²) in [6.45, 7) is 6.31. The first kappa shape index (κ1) is 15.1. The maximum Gasteiger partial charge on any atom is 0.410 e. The van der Waals surface area contributed by atoms with Crippen molar-refractivity contribution < 1.29 is 23.8 Å². The molecule has 0 atom stereocenters. The minimum atomic E-state index is -1.13. The van der Waals surface area contributed by atoms with E-state index in [9.17, 15) is 9.59 Å². The molecule has 0 saturated carbocycles. The normalized spacial score (nSPS) is 15.6. The van der Waals surface area contributed by atoms with Crippen LogP contribution in [0.15, 0.2) is 16.8 Å². The van der Waals surface area contributed by atoms with E-state index >= 15 is 0 Å². The topological polar surface area (TPSA) is 92.9 Å². The Morgan fingerprint density at radius 2 is 2.14 bits per heavy atom.